The van der Waals surface area contributed by atoms with Crippen LogP contribution in [0.25, 0.3) is 0 Å². The van der Waals surface area contributed by atoms with Gasteiger partial charge in [0.2, 0.25) is 5.91 Å². The van der Waals surface area contributed by atoms with Gasteiger partial charge in [-0.1, -0.05) is 42.5 Å². The third kappa shape index (κ3) is 4.51. The minimum absolute atomic E-state index is 0.0161. The number of amides is 2. The number of nitrogens with zero attached hydrogens (tertiary/aromatic N) is 2. The summed E-state index contributed by atoms with van der Waals surface area (Å²) in [5, 5.41) is 0. The summed E-state index contributed by atoms with van der Waals surface area (Å²) < 4.78 is 5.74. The smallest absolute Gasteiger partial charge is 0.260 e. The first kappa shape index (κ1) is 19.9. The van der Waals surface area contributed by atoms with Crippen LogP contribution in [0.3, 0.4) is 0 Å². The van der Waals surface area contributed by atoms with Crippen molar-refractivity contribution in [1.29, 1.82) is 0 Å². The van der Waals surface area contributed by atoms with Crippen molar-refractivity contribution in [3.8, 4) is 5.75 Å². The largest absolute Gasteiger partial charge is 0.483 e. The summed E-state index contributed by atoms with van der Waals surface area (Å²) in [6.45, 7) is 6.31. The van der Waals surface area contributed by atoms with Crippen molar-refractivity contribution in [2.24, 2.45) is 5.73 Å². The van der Waals surface area contributed by atoms with Gasteiger partial charge in [-0.25, -0.2) is 0 Å². The van der Waals surface area contributed by atoms with Crippen molar-refractivity contribution in [2.75, 3.05) is 32.8 Å². The lowest BCUT2D eigenvalue weighted by Gasteiger charge is -2.38. The molecule has 0 aromatic heterocycles. The van der Waals surface area contributed by atoms with Crippen molar-refractivity contribution < 1.29 is 14.3 Å². The average Bonchev–Trinajstić information content (AvgIpc) is 2.70. The highest BCUT2D eigenvalue weighted by molar-refractivity contribution is 5.81. The number of ether oxygens (including phenoxy) is 1. The van der Waals surface area contributed by atoms with E-state index in [4.69, 9.17) is 10.5 Å². The Morgan fingerprint density at radius 1 is 1.00 bits per heavy atom. The van der Waals surface area contributed by atoms with Crippen LogP contribution in [-0.2, 0) is 9.59 Å². The summed E-state index contributed by atoms with van der Waals surface area (Å²) in [7, 11) is 0. The molecule has 6 heteroatoms. The fraction of sp³-hybridized carbons (Fsp3) is 0.364. The Morgan fingerprint density at radius 2 is 1.68 bits per heavy atom. The normalized spacial score (nSPS) is 15.9. The van der Waals surface area contributed by atoms with Crippen molar-refractivity contribution in [3.05, 3.63) is 65.2 Å². The Bertz CT molecular complexity index is 830. The van der Waals surface area contributed by atoms with Crippen LogP contribution < -0.4 is 10.5 Å². The summed E-state index contributed by atoms with van der Waals surface area (Å²) in [6.07, 6.45) is 0. The van der Waals surface area contributed by atoms with E-state index in [0.29, 0.717) is 26.2 Å². The fourth-order valence-corrected chi connectivity index (χ4v) is 3.53. The maximum absolute atomic E-state index is 12.5. The lowest BCUT2D eigenvalue weighted by atomic mass is 10.0. The van der Waals surface area contributed by atoms with E-state index in [0.717, 1.165) is 22.4 Å². The number of carbonyl (C=O) groups excluding carboxylic acids is 2. The van der Waals surface area contributed by atoms with E-state index in [1.54, 1.807) is 4.90 Å². The van der Waals surface area contributed by atoms with E-state index in [2.05, 4.69) is 0 Å². The molecular weight excluding hydrogens is 354 g/mol. The van der Waals surface area contributed by atoms with Gasteiger partial charge >= 0.3 is 0 Å². The number of primary amides is 1. The van der Waals surface area contributed by atoms with E-state index >= 15 is 0 Å². The number of piperazine rings is 1. The molecule has 2 amide bonds. The molecule has 1 aliphatic heterocycles. The molecule has 2 aromatic carbocycles. The average molecular weight is 381 g/mol. The first-order chi connectivity index (χ1) is 13.5. The molecule has 1 fully saturated rings. The number of carbonyl (C=O) groups is 2. The topological polar surface area (TPSA) is 75.9 Å². The summed E-state index contributed by atoms with van der Waals surface area (Å²) in [5.41, 5.74) is 8.72. The standard InChI is InChI=1S/C22H27N3O3/c1-16-7-6-10-19(17(16)2)28-15-20(26)24-11-13-25(14-12-24)21(22(23)27)18-8-4-3-5-9-18/h3-10,21H,11-15H2,1-2H3,(H2,23,27). The summed E-state index contributed by atoms with van der Waals surface area (Å²) >= 11 is 0. The first-order valence-electron chi connectivity index (χ1n) is 9.52. The van der Waals surface area contributed by atoms with Gasteiger partial charge in [0.05, 0.1) is 0 Å². The Hall–Kier alpha value is -2.86. The Kier molecular flexibility index (Phi) is 6.31. The molecule has 2 aromatic rings. The molecule has 0 spiro atoms. The van der Waals surface area contributed by atoms with Crippen LogP contribution in [0.4, 0.5) is 0 Å². The number of benzene rings is 2. The maximum atomic E-state index is 12.5. The van der Waals surface area contributed by atoms with Crippen LogP contribution >= 0.6 is 0 Å². The molecule has 1 atom stereocenters. The molecule has 28 heavy (non-hydrogen) atoms. The van der Waals surface area contributed by atoms with Gasteiger partial charge in [0.15, 0.2) is 6.61 Å². The monoisotopic (exact) mass is 381 g/mol. The van der Waals surface area contributed by atoms with Gasteiger partial charge in [0.25, 0.3) is 5.91 Å². The predicted octanol–water partition coefficient (Wildman–Crippen LogP) is 2.05. The molecule has 1 unspecified atom stereocenters. The molecule has 1 aliphatic rings. The molecular formula is C22H27N3O3. The molecule has 1 saturated heterocycles. The zero-order valence-electron chi connectivity index (χ0n) is 16.4. The van der Waals surface area contributed by atoms with Gasteiger partial charge in [-0.2, -0.15) is 0 Å². The number of hydrogen-bond acceptors (Lipinski definition) is 4. The van der Waals surface area contributed by atoms with Crippen LogP contribution in [0.1, 0.15) is 22.7 Å². The van der Waals surface area contributed by atoms with Crippen LogP contribution in [-0.4, -0.2) is 54.4 Å². The molecule has 148 valence electrons. The minimum Gasteiger partial charge on any atom is -0.483 e. The molecule has 1 heterocycles. The Morgan fingerprint density at radius 3 is 2.32 bits per heavy atom. The van der Waals surface area contributed by atoms with Gasteiger partial charge < -0.3 is 15.4 Å². The van der Waals surface area contributed by atoms with E-state index in [9.17, 15) is 9.59 Å². The molecule has 6 nitrogen and oxygen atoms in total. The molecule has 3 rings (SSSR count). The van der Waals surface area contributed by atoms with E-state index in [-0.39, 0.29) is 18.4 Å². The maximum Gasteiger partial charge on any atom is 0.260 e. The van der Waals surface area contributed by atoms with Gasteiger partial charge in [-0.05, 0) is 36.6 Å². The first-order valence-corrected chi connectivity index (χ1v) is 9.52. The lowest BCUT2D eigenvalue weighted by molar-refractivity contribution is -0.136. The number of rotatable bonds is 6. The highest BCUT2D eigenvalue weighted by Crippen LogP contribution is 2.23. The van der Waals surface area contributed by atoms with Crippen molar-refractivity contribution in [1.82, 2.24) is 9.80 Å². The van der Waals surface area contributed by atoms with Gasteiger partial charge in [0.1, 0.15) is 11.8 Å². The van der Waals surface area contributed by atoms with Gasteiger partial charge in [-0.15, -0.1) is 0 Å². The second-order valence-corrected chi connectivity index (χ2v) is 7.12. The third-order valence-corrected chi connectivity index (χ3v) is 5.32. The Labute approximate surface area is 165 Å². The fourth-order valence-electron chi connectivity index (χ4n) is 3.53. The summed E-state index contributed by atoms with van der Waals surface area (Å²) in [5.74, 6) is 0.324. The SMILES string of the molecule is Cc1cccc(OCC(=O)N2CCN(C(C(N)=O)c3ccccc3)CC2)c1C. The van der Waals surface area contributed by atoms with E-state index in [1.165, 1.54) is 0 Å². The highest BCUT2D eigenvalue weighted by atomic mass is 16.5. The second kappa shape index (κ2) is 8.89. The minimum atomic E-state index is -0.468. The van der Waals surface area contributed by atoms with Gasteiger partial charge in [-0.3, -0.25) is 14.5 Å². The van der Waals surface area contributed by atoms with Gasteiger partial charge in [0, 0.05) is 26.2 Å². The van der Waals surface area contributed by atoms with Crippen LogP contribution in [0, 0.1) is 13.8 Å². The quantitative estimate of drug-likeness (QED) is 0.831. The Balaban J connectivity index is 1.56. The van der Waals surface area contributed by atoms with Crippen LogP contribution in [0.2, 0.25) is 0 Å². The molecule has 0 aliphatic carbocycles. The third-order valence-electron chi connectivity index (χ3n) is 5.32. The predicted molar refractivity (Wildman–Crippen MR) is 108 cm³/mol. The molecule has 0 radical (unpaired) electrons. The molecule has 2 N–H and O–H groups in total. The molecule has 0 bridgehead atoms. The second-order valence-electron chi connectivity index (χ2n) is 7.12. The number of aryl methyl sites for hydroxylation is 1. The zero-order chi connectivity index (χ0) is 20.1. The van der Waals surface area contributed by atoms with Crippen molar-refractivity contribution in [2.45, 2.75) is 19.9 Å². The van der Waals surface area contributed by atoms with E-state index in [1.807, 2.05) is 67.3 Å². The summed E-state index contributed by atoms with van der Waals surface area (Å²) in [6, 6.07) is 14.9. The lowest BCUT2D eigenvalue weighted by Crippen LogP contribution is -2.52. The van der Waals surface area contributed by atoms with E-state index < -0.39 is 6.04 Å². The zero-order valence-corrected chi connectivity index (χ0v) is 16.4. The highest BCUT2D eigenvalue weighted by Gasteiger charge is 2.30. The van der Waals surface area contributed by atoms with Crippen molar-refractivity contribution >= 4 is 11.8 Å². The van der Waals surface area contributed by atoms with Crippen molar-refractivity contribution in [3.63, 3.8) is 0 Å². The number of hydrogen-bond donors (Lipinski definition) is 1. The number of nitrogens with two attached hydrogens (primary N) is 1. The van der Waals surface area contributed by atoms with Crippen LogP contribution in [0.5, 0.6) is 5.75 Å². The van der Waals surface area contributed by atoms with Crippen LogP contribution in [0.15, 0.2) is 48.5 Å². The summed E-state index contributed by atoms with van der Waals surface area (Å²) in [4.78, 5) is 28.4. The molecule has 0 saturated carbocycles.